The zero-order chi connectivity index (χ0) is 17.2. The van der Waals surface area contributed by atoms with Gasteiger partial charge in [0.25, 0.3) is 0 Å². The van der Waals surface area contributed by atoms with Crippen LogP contribution in [0.15, 0.2) is 12.2 Å². The van der Waals surface area contributed by atoms with Gasteiger partial charge in [0.1, 0.15) is 0 Å². The number of carbonyl (C=O) groups is 1. The van der Waals surface area contributed by atoms with Crippen molar-refractivity contribution in [1.82, 2.24) is 0 Å². The molecule has 0 rings (SSSR count). The van der Waals surface area contributed by atoms with Gasteiger partial charge in [0.15, 0.2) is 10.1 Å². The van der Waals surface area contributed by atoms with Gasteiger partial charge >= 0.3 is 17.4 Å². The second-order valence-corrected chi connectivity index (χ2v) is 5.28. The second kappa shape index (κ2) is 6.23. The Labute approximate surface area is 116 Å². The second-order valence-electron chi connectivity index (χ2n) is 3.83. The molecule has 0 spiro atoms. The molecule has 0 aromatic heterocycles. The van der Waals surface area contributed by atoms with Crippen molar-refractivity contribution in [3.05, 3.63) is 12.2 Å². The van der Waals surface area contributed by atoms with E-state index in [4.69, 9.17) is 0 Å². The first-order chi connectivity index (χ1) is 9.10. The van der Waals surface area contributed by atoms with Crippen LogP contribution in [0.5, 0.6) is 0 Å². The van der Waals surface area contributed by atoms with Crippen LogP contribution in [-0.2, 0) is 24.4 Å². The summed E-state index contributed by atoms with van der Waals surface area (Å²) in [6.45, 7) is 4.83. The predicted molar refractivity (Wildman–Crippen MR) is 55.9 cm³/mol. The Hall–Kier alpha value is -1.27. The van der Waals surface area contributed by atoms with Gasteiger partial charge in [-0.3, -0.25) is 0 Å². The van der Waals surface area contributed by atoms with E-state index in [-0.39, 0.29) is 5.57 Å². The molecule has 0 aliphatic carbocycles. The van der Waals surface area contributed by atoms with E-state index in [0.717, 1.165) is 6.92 Å². The molecule has 0 fully saturated rings. The van der Waals surface area contributed by atoms with Crippen LogP contribution in [0.3, 0.4) is 0 Å². The van der Waals surface area contributed by atoms with Crippen molar-refractivity contribution in [2.75, 3.05) is 0 Å². The van der Waals surface area contributed by atoms with Crippen LogP contribution < -0.4 is 0 Å². The number of hydrogen-bond donors (Lipinski definition) is 0. The number of hydrogen-bond acceptors (Lipinski definition) is 6. The van der Waals surface area contributed by atoms with E-state index in [9.17, 15) is 39.7 Å². The minimum Gasteiger partial charge on any atom is -0.743 e. The number of carbonyl (C=O) groups excluding carboxylic acids is 1. The lowest BCUT2D eigenvalue weighted by atomic mass is 10.3. The van der Waals surface area contributed by atoms with Crippen LogP contribution in [0, 0.1) is 0 Å². The van der Waals surface area contributed by atoms with Gasteiger partial charge in [-0.1, -0.05) is 6.58 Å². The molecular formula is C9H10F5O6S-. The Balaban J connectivity index is 5.32. The molecule has 0 bridgehead atoms. The molecule has 21 heavy (non-hydrogen) atoms. The van der Waals surface area contributed by atoms with E-state index in [1.165, 1.54) is 0 Å². The number of ether oxygens (including phenoxy) is 2. The van der Waals surface area contributed by atoms with Crippen molar-refractivity contribution >= 4 is 16.1 Å². The van der Waals surface area contributed by atoms with Gasteiger partial charge in [-0.2, -0.15) is 22.0 Å². The normalized spacial score (nSPS) is 16.2. The number of alkyl halides is 5. The summed E-state index contributed by atoms with van der Waals surface area (Å²) in [5.74, 6) is -1.25. The summed E-state index contributed by atoms with van der Waals surface area (Å²) >= 11 is 0. The standard InChI is InChI=1S/C9H11F5O6S/c1-4(2)6(15)19-5(3)20-7(8(10,11)12)9(13,14)21(16,17)18/h5,7H,1H2,2-3H3,(H,16,17,18)/p-1. The molecule has 0 aromatic rings. The SMILES string of the molecule is C=C(C)C(=O)OC(C)OC(C(F)(F)F)C(F)(F)S(=O)(=O)[O-]. The topological polar surface area (TPSA) is 92.7 Å². The number of rotatable bonds is 6. The smallest absolute Gasteiger partial charge is 0.421 e. The van der Waals surface area contributed by atoms with Crippen molar-refractivity contribution in [2.45, 2.75) is 37.7 Å². The van der Waals surface area contributed by atoms with E-state index in [1.807, 2.05) is 0 Å². The lowest BCUT2D eigenvalue weighted by Crippen LogP contribution is -2.52. The molecule has 0 amide bonds. The molecule has 2 unspecified atom stereocenters. The maximum Gasteiger partial charge on any atom is 0.421 e. The molecule has 0 aromatic carbocycles. The Bertz CT molecular complexity index is 511. The molecule has 0 heterocycles. The van der Waals surface area contributed by atoms with Crippen LogP contribution in [0.2, 0.25) is 0 Å². The minimum absolute atomic E-state index is 0.266. The summed E-state index contributed by atoms with van der Waals surface area (Å²) in [6, 6.07) is 0. The summed E-state index contributed by atoms with van der Waals surface area (Å²) in [6.07, 6.45) is -12.4. The zero-order valence-electron chi connectivity index (χ0n) is 10.6. The Morgan fingerprint density at radius 3 is 1.95 bits per heavy atom. The van der Waals surface area contributed by atoms with Gasteiger partial charge in [0.2, 0.25) is 12.4 Å². The molecule has 0 saturated carbocycles. The first kappa shape index (κ1) is 19.7. The fourth-order valence-corrected chi connectivity index (χ4v) is 1.40. The summed E-state index contributed by atoms with van der Waals surface area (Å²) in [5.41, 5.74) is -0.266. The molecule has 0 aliphatic heterocycles. The van der Waals surface area contributed by atoms with Crippen LogP contribution in [0.1, 0.15) is 13.8 Å². The van der Waals surface area contributed by atoms with Crippen molar-refractivity contribution < 1.29 is 49.2 Å². The van der Waals surface area contributed by atoms with Gasteiger partial charge < -0.3 is 14.0 Å². The lowest BCUT2D eigenvalue weighted by Gasteiger charge is -2.31. The quantitative estimate of drug-likeness (QED) is 0.239. The first-order valence-corrected chi connectivity index (χ1v) is 6.43. The Morgan fingerprint density at radius 2 is 1.67 bits per heavy atom. The third-order valence-electron chi connectivity index (χ3n) is 1.89. The maximum absolute atomic E-state index is 13.0. The monoisotopic (exact) mass is 341 g/mol. The number of esters is 1. The van der Waals surface area contributed by atoms with Gasteiger partial charge in [-0.05, 0) is 13.8 Å². The third-order valence-corrected chi connectivity index (χ3v) is 2.77. The molecular weight excluding hydrogens is 331 g/mol. The summed E-state index contributed by atoms with van der Waals surface area (Å²) in [5, 5.41) is -5.80. The van der Waals surface area contributed by atoms with E-state index < -0.39 is 39.9 Å². The minimum atomic E-state index is -6.66. The average molecular weight is 341 g/mol. The fraction of sp³-hybridized carbons (Fsp3) is 0.667. The van der Waals surface area contributed by atoms with Gasteiger partial charge in [0, 0.05) is 5.57 Å². The third kappa shape index (κ3) is 5.21. The molecule has 6 nitrogen and oxygen atoms in total. The Kier molecular flexibility index (Phi) is 5.86. The summed E-state index contributed by atoms with van der Waals surface area (Å²) in [4.78, 5) is 11.0. The lowest BCUT2D eigenvalue weighted by molar-refractivity contribution is -0.299. The van der Waals surface area contributed by atoms with Crippen molar-refractivity contribution in [3.63, 3.8) is 0 Å². The van der Waals surface area contributed by atoms with Gasteiger partial charge in [-0.25, -0.2) is 13.2 Å². The first-order valence-electron chi connectivity index (χ1n) is 5.02. The van der Waals surface area contributed by atoms with E-state index in [2.05, 4.69) is 16.1 Å². The van der Waals surface area contributed by atoms with Crippen molar-refractivity contribution in [1.29, 1.82) is 0 Å². The van der Waals surface area contributed by atoms with Crippen LogP contribution >= 0.6 is 0 Å². The summed E-state index contributed by atoms with van der Waals surface area (Å²) < 4.78 is 102. The van der Waals surface area contributed by atoms with Crippen LogP contribution in [0.25, 0.3) is 0 Å². The summed E-state index contributed by atoms with van der Waals surface area (Å²) in [7, 11) is -6.66. The van der Waals surface area contributed by atoms with Crippen LogP contribution in [-0.4, -0.2) is 42.8 Å². The average Bonchev–Trinajstić information content (AvgIpc) is 2.22. The fourth-order valence-electron chi connectivity index (χ4n) is 0.949. The molecule has 124 valence electrons. The molecule has 0 aliphatic rings. The van der Waals surface area contributed by atoms with Crippen molar-refractivity contribution in [3.8, 4) is 0 Å². The molecule has 0 radical (unpaired) electrons. The predicted octanol–water partition coefficient (Wildman–Crippen LogP) is 1.54. The Morgan fingerprint density at radius 1 is 1.24 bits per heavy atom. The highest BCUT2D eigenvalue weighted by molar-refractivity contribution is 7.86. The highest BCUT2D eigenvalue weighted by Gasteiger charge is 2.62. The van der Waals surface area contributed by atoms with Crippen LogP contribution in [0.4, 0.5) is 22.0 Å². The number of halogens is 5. The van der Waals surface area contributed by atoms with Crippen molar-refractivity contribution in [2.24, 2.45) is 0 Å². The molecule has 0 N–H and O–H groups in total. The van der Waals surface area contributed by atoms with E-state index in [1.54, 1.807) is 0 Å². The van der Waals surface area contributed by atoms with E-state index in [0.29, 0.717) is 6.92 Å². The van der Waals surface area contributed by atoms with Gasteiger partial charge in [0.05, 0.1) is 0 Å². The highest BCUT2D eigenvalue weighted by Crippen LogP contribution is 2.38. The molecule has 12 heteroatoms. The highest BCUT2D eigenvalue weighted by atomic mass is 32.2. The van der Waals surface area contributed by atoms with Gasteiger partial charge in [-0.15, -0.1) is 0 Å². The van der Waals surface area contributed by atoms with E-state index >= 15 is 0 Å². The molecule has 2 atom stereocenters. The zero-order valence-corrected chi connectivity index (χ0v) is 11.4. The maximum atomic E-state index is 13.0. The molecule has 0 saturated heterocycles. The largest absolute Gasteiger partial charge is 0.743 e.